The van der Waals surface area contributed by atoms with Crippen molar-refractivity contribution in [2.45, 2.75) is 25.3 Å². The Morgan fingerprint density at radius 2 is 1.93 bits per heavy atom. The van der Waals surface area contributed by atoms with Gasteiger partial charge in [-0.1, -0.05) is 30.3 Å². The number of nitrogens with zero attached hydrogens (tertiary/aromatic N) is 1. The monoisotopic (exact) mass is 421 g/mol. The highest BCUT2D eigenvalue weighted by molar-refractivity contribution is 6.44. The maximum absolute atomic E-state index is 12.2. The number of hydrogen-bond donors (Lipinski definition) is 3. The van der Waals surface area contributed by atoms with Gasteiger partial charge in [0.15, 0.2) is 6.04 Å². The Hall–Kier alpha value is -3.00. The van der Waals surface area contributed by atoms with Crippen LogP contribution in [0, 0.1) is 5.92 Å². The van der Waals surface area contributed by atoms with Crippen molar-refractivity contribution in [3.8, 4) is 5.75 Å². The van der Waals surface area contributed by atoms with Gasteiger partial charge in [-0.05, 0) is 36.5 Å². The summed E-state index contributed by atoms with van der Waals surface area (Å²) in [4.78, 5) is 28.5. The number of amidine groups is 1. The van der Waals surface area contributed by atoms with Crippen molar-refractivity contribution in [3.05, 3.63) is 52.8 Å². The molecule has 1 aliphatic carbocycles. The number of hydrogen-bond acceptors (Lipinski definition) is 7. The third-order valence-corrected chi connectivity index (χ3v) is 4.71. The van der Waals surface area contributed by atoms with Crippen LogP contribution in [0.2, 0.25) is 0 Å². The summed E-state index contributed by atoms with van der Waals surface area (Å²) in [6.07, 6.45) is 2.10. The van der Waals surface area contributed by atoms with Crippen LogP contribution in [0.3, 0.4) is 0 Å². The summed E-state index contributed by atoms with van der Waals surface area (Å²) in [5, 5.41) is 12.1. The van der Waals surface area contributed by atoms with Crippen LogP contribution in [-0.2, 0) is 25.5 Å². The second-order valence-corrected chi connectivity index (χ2v) is 6.91. The molecular formula is C20H24ClN3O5. The van der Waals surface area contributed by atoms with E-state index < -0.39 is 18.0 Å². The molecule has 1 aromatic rings. The zero-order valence-corrected chi connectivity index (χ0v) is 17.0. The van der Waals surface area contributed by atoms with Gasteiger partial charge in [-0.15, -0.1) is 0 Å². The molecule has 156 valence electrons. The summed E-state index contributed by atoms with van der Waals surface area (Å²) < 4.78 is 9.55. The van der Waals surface area contributed by atoms with Crippen molar-refractivity contribution < 1.29 is 24.2 Å². The van der Waals surface area contributed by atoms with Crippen LogP contribution < -0.4 is 11.1 Å². The largest absolute Gasteiger partial charge is 0.508 e. The predicted molar refractivity (Wildman–Crippen MR) is 109 cm³/mol. The molecule has 0 aliphatic heterocycles. The summed E-state index contributed by atoms with van der Waals surface area (Å²) >= 11 is 6.29. The number of allylic oxidation sites excluding steroid dienone is 1. The molecule has 1 aliphatic rings. The van der Waals surface area contributed by atoms with Gasteiger partial charge in [0.05, 0.1) is 14.2 Å². The minimum atomic E-state index is -0.996. The summed E-state index contributed by atoms with van der Waals surface area (Å²) in [5.41, 5.74) is 7.24. The number of nitrogens with two attached hydrogens (primary N) is 1. The molecule has 9 heteroatoms. The van der Waals surface area contributed by atoms with E-state index in [2.05, 4.69) is 16.9 Å². The van der Waals surface area contributed by atoms with Gasteiger partial charge in [0.1, 0.15) is 22.3 Å². The molecule has 0 radical (unpaired) electrons. The first-order valence-electron chi connectivity index (χ1n) is 8.90. The summed E-state index contributed by atoms with van der Waals surface area (Å²) in [6, 6.07) is 5.29. The van der Waals surface area contributed by atoms with Gasteiger partial charge in [-0.2, -0.15) is 0 Å². The fourth-order valence-corrected chi connectivity index (χ4v) is 2.69. The number of aliphatic imine (C=N–C) groups is 1. The maximum atomic E-state index is 12.2. The van der Waals surface area contributed by atoms with Gasteiger partial charge >= 0.3 is 11.9 Å². The average molecular weight is 422 g/mol. The lowest BCUT2D eigenvalue weighted by Crippen LogP contribution is -2.30. The number of halogens is 1. The smallest absolute Gasteiger partial charge is 0.356 e. The third kappa shape index (κ3) is 6.25. The molecule has 1 atom stereocenters. The minimum Gasteiger partial charge on any atom is -0.508 e. The number of nitrogens with one attached hydrogen (secondary N) is 1. The van der Waals surface area contributed by atoms with Crippen LogP contribution >= 0.6 is 11.6 Å². The predicted octanol–water partition coefficient (Wildman–Crippen LogP) is 1.97. The van der Waals surface area contributed by atoms with Gasteiger partial charge in [0.25, 0.3) is 0 Å². The molecule has 0 aromatic heterocycles. The Kier molecular flexibility index (Phi) is 7.67. The molecule has 1 aromatic carbocycles. The first kappa shape index (κ1) is 22.3. The number of rotatable bonds is 9. The average Bonchev–Trinajstić information content (AvgIpc) is 3.56. The molecular weight excluding hydrogens is 398 g/mol. The number of carbonyl (C=O) groups is 2. The second-order valence-electron chi connectivity index (χ2n) is 6.53. The van der Waals surface area contributed by atoms with Gasteiger partial charge in [0.2, 0.25) is 0 Å². The fourth-order valence-electron chi connectivity index (χ4n) is 2.52. The summed E-state index contributed by atoms with van der Waals surface area (Å²) in [6.45, 7) is 3.89. The van der Waals surface area contributed by atoms with E-state index in [1.54, 1.807) is 12.1 Å². The fraction of sp³-hybridized carbons (Fsp3) is 0.350. The van der Waals surface area contributed by atoms with E-state index in [1.165, 1.54) is 26.4 Å². The molecule has 0 amide bonds. The molecule has 4 N–H and O–H groups in total. The van der Waals surface area contributed by atoms with Crippen molar-refractivity contribution in [1.29, 1.82) is 0 Å². The van der Waals surface area contributed by atoms with Crippen LogP contribution in [0.25, 0.3) is 0 Å². The highest BCUT2D eigenvalue weighted by Crippen LogP contribution is 2.34. The standard InChI is InChI=1S/C20H24ClN3O5/c1-11(13-6-7-13)23-17(20(27)29-3)16(21)18(22)24-15(19(26)28-2)10-12-4-8-14(25)9-5-12/h4-5,8-9,13,15,23,25H,1,6-7,10H2,2-3H3,(H2,22,24)/t15-/m0/s1. The number of aromatic hydroxyl groups is 1. The van der Waals surface area contributed by atoms with Gasteiger partial charge in [-0.3, -0.25) is 4.99 Å². The molecule has 0 unspecified atom stereocenters. The van der Waals surface area contributed by atoms with Crippen molar-refractivity contribution in [2.24, 2.45) is 16.6 Å². The Morgan fingerprint density at radius 3 is 2.45 bits per heavy atom. The Labute approximate surface area is 174 Å². The Morgan fingerprint density at radius 1 is 1.31 bits per heavy atom. The van der Waals surface area contributed by atoms with Crippen molar-refractivity contribution in [3.63, 3.8) is 0 Å². The number of carbonyl (C=O) groups excluding carboxylic acids is 2. The van der Waals surface area contributed by atoms with Gasteiger partial charge < -0.3 is 25.6 Å². The SMILES string of the molecule is C=C(NC(C(=O)OC)=C(Cl)C(N)=N[C@@H](Cc1ccc(O)cc1)C(=O)OC)C1CC1. The molecule has 0 bridgehead atoms. The number of phenolic OH excluding ortho intramolecular Hbond substituents is 1. The van der Waals surface area contributed by atoms with Gasteiger partial charge in [0, 0.05) is 12.1 Å². The quantitative estimate of drug-likeness (QED) is 0.241. The lowest BCUT2D eigenvalue weighted by atomic mass is 10.1. The van der Waals surface area contributed by atoms with E-state index in [0.717, 1.165) is 18.4 Å². The second kappa shape index (κ2) is 9.97. The van der Waals surface area contributed by atoms with E-state index in [-0.39, 0.29) is 34.7 Å². The lowest BCUT2D eigenvalue weighted by Gasteiger charge is -2.15. The van der Waals surface area contributed by atoms with Crippen LogP contribution in [0.4, 0.5) is 0 Å². The number of methoxy groups -OCH3 is 2. The summed E-state index contributed by atoms with van der Waals surface area (Å²) in [7, 11) is 2.44. The molecule has 0 spiro atoms. The maximum Gasteiger partial charge on any atom is 0.356 e. The minimum absolute atomic E-state index is 0.0967. The third-order valence-electron chi connectivity index (χ3n) is 4.32. The van der Waals surface area contributed by atoms with E-state index >= 15 is 0 Å². The zero-order chi connectivity index (χ0) is 21.6. The number of benzene rings is 1. The van der Waals surface area contributed by atoms with E-state index in [1.807, 2.05) is 0 Å². The van der Waals surface area contributed by atoms with E-state index in [9.17, 15) is 14.7 Å². The van der Waals surface area contributed by atoms with Crippen LogP contribution in [0.15, 0.2) is 52.3 Å². The van der Waals surface area contributed by atoms with Crippen molar-refractivity contribution in [1.82, 2.24) is 5.32 Å². The summed E-state index contributed by atoms with van der Waals surface area (Å²) in [5.74, 6) is -1.22. The highest BCUT2D eigenvalue weighted by atomic mass is 35.5. The van der Waals surface area contributed by atoms with E-state index in [4.69, 9.17) is 26.8 Å². The van der Waals surface area contributed by atoms with Crippen LogP contribution in [0.1, 0.15) is 18.4 Å². The molecule has 2 rings (SSSR count). The Bertz CT molecular complexity index is 844. The molecule has 8 nitrogen and oxygen atoms in total. The lowest BCUT2D eigenvalue weighted by molar-refractivity contribution is -0.142. The normalized spacial score (nSPS) is 15.8. The van der Waals surface area contributed by atoms with Crippen LogP contribution in [0.5, 0.6) is 5.75 Å². The molecule has 1 saturated carbocycles. The van der Waals surface area contributed by atoms with Crippen molar-refractivity contribution in [2.75, 3.05) is 14.2 Å². The first-order chi connectivity index (χ1) is 13.8. The Balaban J connectivity index is 2.31. The number of phenols is 1. The topological polar surface area (TPSA) is 123 Å². The van der Waals surface area contributed by atoms with Crippen LogP contribution in [-0.4, -0.2) is 43.1 Å². The molecule has 1 fully saturated rings. The highest BCUT2D eigenvalue weighted by Gasteiger charge is 2.28. The molecule has 29 heavy (non-hydrogen) atoms. The van der Waals surface area contributed by atoms with Gasteiger partial charge in [-0.25, -0.2) is 9.59 Å². The molecule has 0 heterocycles. The number of ether oxygens (including phenoxy) is 2. The zero-order valence-electron chi connectivity index (χ0n) is 16.3. The van der Waals surface area contributed by atoms with Crippen molar-refractivity contribution >= 4 is 29.4 Å². The van der Waals surface area contributed by atoms with E-state index in [0.29, 0.717) is 5.70 Å². The first-order valence-corrected chi connectivity index (χ1v) is 9.27. The molecule has 0 saturated heterocycles. The number of esters is 2.